The summed E-state index contributed by atoms with van der Waals surface area (Å²) in [6.45, 7) is 6.25. The lowest BCUT2D eigenvalue weighted by Gasteiger charge is -2.38. The number of carbonyl (C=O) groups excluding carboxylic acids is 1. The average molecular weight is 334 g/mol. The number of hydrogen-bond acceptors (Lipinski definition) is 2. The summed E-state index contributed by atoms with van der Waals surface area (Å²) in [4.78, 5) is 17.4. The molecule has 0 unspecified atom stereocenters. The average Bonchev–Trinajstić information content (AvgIpc) is 2.65. The van der Waals surface area contributed by atoms with Crippen molar-refractivity contribution in [1.82, 2.24) is 4.90 Å². The highest BCUT2D eigenvalue weighted by atomic mass is 16.2. The molecule has 1 aliphatic heterocycles. The van der Waals surface area contributed by atoms with Crippen LogP contribution in [-0.4, -0.2) is 30.9 Å². The molecule has 0 radical (unpaired) electrons. The number of carbonyl (C=O) groups is 1. The zero-order valence-electron chi connectivity index (χ0n) is 15.7. The van der Waals surface area contributed by atoms with E-state index in [-0.39, 0.29) is 18.0 Å². The Labute approximate surface area is 150 Å². The van der Waals surface area contributed by atoms with Crippen LogP contribution in [-0.2, 0) is 4.79 Å². The number of rotatable bonds is 3. The fourth-order valence-corrected chi connectivity index (χ4v) is 3.62. The summed E-state index contributed by atoms with van der Waals surface area (Å²) >= 11 is 0. The summed E-state index contributed by atoms with van der Waals surface area (Å²) in [6, 6.07) is 18.5. The molecule has 1 aliphatic rings. The molecule has 0 bridgehead atoms. The molecule has 130 valence electrons. The third kappa shape index (κ3) is 2.95. The molecular formula is C22H26N2O. The van der Waals surface area contributed by atoms with E-state index in [0.717, 1.165) is 22.3 Å². The van der Waals surface area contributed by atoms with E-state index in [4.69, 9.17) is 0 Å². The first-order valence-corrected chi connectivity index (χ1v) is 8.78. The quantitative estimate of drug-likeness (QED) is 0.824. The van der Waals surface area contributed by atoms with Crippen LogP contribution in [0.25, 0.3) is 5.57 Å². The minimum atomic E-state index is 0.0312. The molecule has 2 aromatic rings. The lowest BCUT2D eigenvalue weighted by atomic mass is 9.89. The Hall–Kier alpha value is -2.55. The van der Waals surface area contributed by atoms with E-state index in [1.54, 1.807) is 0 Å². The standard InChI is InChI=1S/C22H26N2O/c1-15-19-13-9-10-14-20(19)23(4)17(3)21(15)22(25)24(5)16(2)18-11-7-6-8-12-18/h6-14,16-17H,1-5H3/t16-,17-/m0/s1. The summed E-state index contributed by atoms with van der Waals surface area (Å²) in [7, 11) is 3.96. The Morgan fingerprint density at radius 2 is 1.68 bits per heavy atom. The molecule has 3 nitrogen and oxygen atoms in total. The summed E-state index contributed by atoms with van der Waals surface area (Å²) in [6.07, 6.45) is 0. The number of allylic oxidation sites excluding steroid dienone is 1. The van der Waals surface area contributed by atoms with Gasteiger partial charge in [0.2, 0.25) is 0 Å². The molecular weight excluding hydrogens is 308 g/mol. The van der Waals surface area contributed by atoms with Gasteiger partial charge in [-0.3, -0.25) is 4.79 Å². The van der Waals surface area contributed by atoms with Gasteiger partial charge in [-0.1, -0.05) is 48.5 Å². The number of nitrogens with zero attached hydrogens (tertiary/aromatic N) is 2. The lowest BCUT2D eigenvalue weighted by molar-refractivity contribution is -0.127. The second-order valence-corrected chi connectivity index (χ2v) is 6.85. The van der Waals surface area contributed by atoms with Crippen LogP contribution in [0.3, 0.4) is 0 Å². The maximum absolute atomic E-state index is 13.3. The van der Waals surface area contributed by atoms with E-state index in [0.29, 0.717) is 0 Å². The van der Waals surface area contributed by atoms with Gasteiger partial charge in [-0.2, -0.15) is 0 Å². The molecule has 0 fully saturated rings. The molecule has 0 saturated heterocycles. The molecule has 2 aromatic carbocycles. The molecule has 0 aromatic heterocycles. The fraction of sp³-hybridized carbons (Fsp3) is 0.318. The van der Waals surface area contributed by atoms with Crippen molar-refractivity contribution < 1.29 is 4.79 Å². The summed E-state index contributed by atoms with van der Waals surface area (Å²) in [5.41, 5.74) is 5.44. The van der Waals surface area contributed by atoms with Crippen LogP contribution in [0.1, 0.15) is 37.9 Å². The van der Waals surface area contributed by atoms with Gasteiger partial charge < -0.3 is 9.80 Å². The summed E-state index contributed by atoms with van der Waals surface area (Å²) in [5.74, 6) is 0.0997. The number of likely N-dealkylation sites (N-methyl/N-ethyl adjacent to an activating group) is 2. The topological polar surface area (TPSA) is 23.6 Å². The van der Waals surface area contributed by atoms with Gasteiger partial charge >= 0.3 is 0 Å². The van der Waals surface area contributed by atoms with Crippen LogP contribution >= 0.6 is 0 Å². The maximum atomic E-state index is 13.3. The molecule has 1 heterocycles. The van der Waals surface area contributed by atoms with E-state index < -0.39 is 0 Å². The van der Waals surface area contributed by atoms with Crippen molar-refractivity contribution in [2.75, 3.05) is 19.0 Å². The Balaban J connectivity index is 1.98. The second-order valence-electron chi connectivity index (χ2n) is 6.85. The van der Waals surface area contributed by atoms with Crippen LogP contribution in [0.2, 0.25) is 0 Å². The van der Waals surface area contributed by atoms with Crippen LogP contribution in [0.5, 0.6) is 0 Å². The maximum Gasteiger partial charge on any atom is 0.252 e. The predicted octanol–water partition coefficient (Wildman–Crippen LogP) is 4.52. The minimum absolute atomic E-state index is 0.0312. The Morgan fingerprint density at radius 1 is 1.08 bits per heavy atom. The number of amides is 1. The highest BCUT2D eigenvalue weighted by Crippen LogP contribution is 2.38. The highest BCUT2D eigenvalue weighted by Gasteiger charge is 2.32. The van der Waals surface area contributed by atoms with Gasteiger partial charge in [-0.25, -0.2) is 0 Å². The normalized spacial score (nSPS) is 18.0. The zero-order valence-corrected chi connectivity index (χ0v) is 15.7. The fourth-order valence-electron chi connectivity index (χ4n) is 3.62. The van der Waals surface area contributed by atoms with Crippen molar-refractivity contribution in [2.45, 2.75) is 32.9 Å². The summed E-state index contributed by atoms with van der Waals surface area (Å²) in [5, 5.41) is 0. The molecule has 3 rings (SSSR count). The van der Waals surface area contributed by atoms with E-state index in [9.17, 15) is 4.79 Å². The first-order valence-electron chi connectivity index (χ1n) is 8.78. The van der Waals surface area contributed by atoms with Crippen molar-refractivity contribution in [3.63, 3.8) is 0 Å². The molecule has 0 spiro atoms. The highest BCUT2D eigenvalue weighted by molar-refractivity contribution is 6.05. The van der Waals surface area contributed by atoms with E-state index in [1.165, 1.54) is 5.69 Å². The Bertz CT molecular complexity index is 810. The Morgan fingerprint density at radius 3 is 2.36 bits per heavy atom. The van der Waals surface area contributed by atoms with E-state index in [2.05, 4.69) is 57.0 Å². The second kappa shape index (κ2) is 6.75. The number of anilines is 1. The van der Waals surface area contributed by atoms with Crippen molar-refractivity contribution in [3.8, 4) is 0 Å². The minimum Gasteiger partial charge on any atom is -0.367 e. The van der Waals surface area contributed by atoms with Gasteiger partial charge in [-0.15, -0.1) is 0 Å². The smallest absolute Gasteiger partial charge is 0.252 e. The SMILES string of the molecule is CC1=C(C(=O)N(C)[C@@H](C)c2ccccc2)[C@H](C)N(C)c2ccccc21. The van der Waals surface area contributed by atoms with Gasteiger partial charge in [-0.05, 0) is 38.0 Å². The molecule has 2 atom stereocenters. The number of fused-ring (bicyclic) bond motifs is 1. The molecule has 0 N–H and O–H groups in total. The molecule has 0 aliphatic carbocycles. The van der Waals surface area contributed by atoms with E-state index in [1.807, 2.05) is 42.3 Å². The van der Waals surface area contributed by atoms with E-state index >= 15 is 0 Å². The monoisotopic (exact) mass is 334 g/mol. The van der Waals surface area contributed by atoms with Gasteiger partial charge in [0.15, 0.2) is 0 Å². The number of hydrogen-bond donors (Lipinski definition) is 0. The van der Waals surface area contributed by atoms with Crippen LogP contribution < -0.4 is 4.90 Å². The van der Waals surface area contributed by atoms with Crippen molar-refractivity contribution >= 4 is 17.2 Å². The molecule has 3 heteroatoms. The first-order chi connectivity index (χ1) is 11.9. The van der Waals surface area contributed by atoms with Crippen LogP contribution in [0, 0.1) is 0 Å². The molecule has 25 heavy (non-hydrogen) atoms. The van der Waals surface area contributed by atoms with Crippen molar-refractivity contribution in [1.29, 1.82) is 0 Å². The Kier molecular flexibility index (Phi) is 4.67. The van der Waals surface area contributed by atoms with Gasteiger partial charge in [0, 0.05) is 30.9 Å². The molecule has 1 amide bonds. The van der Waals surface area contributed by atoms with Crippen molar-refractivity contribution in [3.05, 3.63) is 71.3 Å². The van der Waals surface area contributed by atoms with Gasteiger partial charge in [0.05, 0.1) is 12.1 Å². The first kappa shape index (κ1) is 17.3. The lowest BCUT2D eigenvalue weighted by Crippen LogP contribution is -2.42. The third-order valence-corrected chi connectivity index (χ3v) is 5.50. The van der Waals surface area contributed by atoms with Crippen molar-refractivity contribution in [2.24, 2.45) is 0 Å². The zero-order chi connectivity index (χ0) is 18.1. The number of para-hydroxylation sites is 1. The third-order valence-electron chi connectivity index (χ3n) is 5.50. The van der Waals surface area contributed by atoms with Gasteiger partial charge in [0.1, 0.15) is 0 Å². The van der Waals surface area contributed by atoms with Crippen LogP contribution in [0.4, 0.5) is 5.69 Å². The van der Waals surface area contributed by atoms with Gasteiger partial charge in [0.25, 0.3) is 5.91 Å². The summed E-state index contributed by atoms with van der Waals surface area (Å²) < 4.78 is 0. The number of benzene rings is 2. The largest absolute Gasteiger partial charge is 0.367 e. The van der Waals surface area contributed by atoms with Crippen LogP contribution in [0.15, 0.2) is 60.2 Å². The molecule has 0 saturated carbocycles. The predicted molar refractivity (Wildman–Crippen MR) is 105 cm³/mol.